The second-order valence-corrected chi connectivity index (χ2v) is 9.35. The van der Waals surface area contributed by atoms with Crippen molar-refractivity contribution >= 4 is 17.4 Å². The molecule has 6 heteroatoms. The number of carbonyl (C=O) groups excluding carboxylic acids is 2. The van der Waals surface area contributed by atoms with E-state index in [1.807, 2.05) is 63.5 Å². The maximum absolute atomic E-state index is 13.3. The Kier molecular flexibility index (Phi) is 7.37. The number of nitrogens with zero attached hydrogens (tertiary/aromatic N) is 2. The Morgan fingerprint density at radius 2 is 1.85 bits per heavy atom. The van der Waals surface area contributed by atoms with Gasteiger partial charge in [-0.3, -0.25) is 9.59 Å². The Labute approximate surface area is 201 Å². The molecule has 2 aromatic carbocycles. The van der Waals surface area contributed by atoms with Gasteiger partial charge in [0.2, 0.25) is 0 Å². The first-order valence-corrected chi connectivity index (χ1v) is 12.2. The Morgan fingerprint density at radius 3 is 2.59 bits per heavy atom. The fraction of sp³-hybridized carbons (Fsp3) is 0.429. The maximum Gasteiger partial charge on any atom is 0.295 e. The van der Waals surface area contributed by atoms with Gasteiger partial charge in [-0.15, -0.1) is 0 Å². The highest BCUT2D eigenvalue weighted by Crippen LogP contribution is 2.40. The summed E-state index contributed by atoms with van der Waals surface area (Å²) in [6.45, 7) is 3.64. The summed E-state index contributed by atoms with van der Waals surface area (Å²) in [4.78, 5) is 30.0. The zero-order valence-corrected chi connectivity index (χ0v) is 20.3. The highest BCUT2D eigenvalue weighted by molar-refractivity contribution is 6.46. The van der Waals surface area contributed by atoms with Crippen LogP contribution in [0.2, 0.25) is 0 Å². The lowest BCUT2D eigenvalue weighted by Gasteiger charge is -2.26. The van der Waals surface area contributed by atoms with Crippen LogP contribution >= 0.6 is 0 Å². The average Bonchev–Trinajstić information content (AvgIpc) is 3.08. The minimum atomic E-state index is -0.654. The van der Waals surface area contributed by atoms with Gasteiger partial charge in [-0.05, 0) is 94.6 Å². The monoisotopic (exact) mass is 462 g/mol. The number of amides is 1. The van der Waals surface area contributed by atoms with E-state index in [0.29, 0.717) is 24.5 Å². The van der Waals surface area contributed by atoms with Crippen molar-refractivity contribution in [2.24, 2.45) is 0 Å². The van der Waals surface area contributed by atoms with Crippen LogP contribution in [0.5, 0.6) is 5.75 Å². The lowest BCUT2D eigenvalue weighted by molar-refractivity contribution is -0.139. The number of fused-ring (bicyclic) bond motifs is 1. The van der Waals surface area contributed by atoms with E-state index in [4.69, 9.17) is 4.74 Å². The molecule has 1 aliphatic heterocycles. The normalized spacial score (nSPS) is 19.5. The molecule has 1 atom stereocenters. The summed E-state index contributed by atoms with van der Waals surface area (Å²) in [6, 6.07) is 12.7. The SMILES string of the molecule is CCOc1cccc(C2/C(=C(/O)c3ccc4c(c3)CCCC4)C(=O)C(=O)N2CCCN(C)C)c1. The molecule has 0 radical (unpaired) electrons. The molecule has 1 heterocycles. The van der Waals surface area contributed by atoms with E-state index >= 15 is 0 Å². The van der Waals surface area contributed by atoms with Gasteiger partial charge < -0.3 is 19.6 Å². The average molecular weight is 463 g/mol. The third-order valence-electron chi connectivity index (χ3n) is 6.65. The number of Topliss-reactive ketones (excluding diaryl/α,β-unsaturated/α-hetero) is 1. The van der Waals surface area contributed by atoms with E-state index in [-0.39, 0.29) is 11.3 Å². The lowest BCUT2D eigenvalue weighted by atomic mass is 9.88. The predicted molar refractivity (Wildman–Crippen MR) is 133 cm³/mol. The summed E-state index contributed by atoms with van der Waals surface area (Å²) in [5.41, 5.74) is 4.02. The Morgan fingerprint density at radius 1 is 1.09 bits per heavy atom. The number of hydrogen-bond donors (Lipinski definition) is 1. The molecule has 1 unspecified atom stereocenters. The fourth-order valence-electron chi connectivity index (χ4n) is 4.99. The number of benzene rings is 2. The van der Waals surface area contributed by atoms with E-state index in [2.05, 4.69) is 4.90 Å². The summed E-state index contributed by atoms with van der Waals surface area (Å²) < 4.78 is 5.68. The van der Waals surface area contributed by atoms with E-state index < -0.39 is 17.7 Å². The second-order valence-electron chi connectivity index (χ2n) is 9.35. The molecule has 0 bridgehead atoms. The molecular formula is C28H34N2O4. The van der Waals surface area contributed by atoms with Crippen LogP contribution < -0.4 is 4.74 Å². The summed E-state index contributed by atoms with van der Waals surface area (Å²) in [5, 5.41) is 11.4. The zero-order valence-electron chi connectivity index (χ0n) is 20.3. The van der Waals surface area contributed by atoms with E-state index in [1.165, 1.54) is 17.5 Å². The molecule has 1 N–H and O–H groups in total. The summed E-state index contributed by atoms with van der Waals surface area (Å²) in [6.07, 6.45) is 5.02. The molecule has 34 heavy (non-hydrogen) atoms. The second kappa shape index (κ2) is 10.4. The van der Waals surface area contributed by atoms with Crippen molar-refractivity contribution in [1.29, 1.82) is 0 Å². The van der Waals surface area contributed by atoms with Crippen molar-refractivity contribution in [3.05, 3.63) is 70.3 Å². The van der Waals surface area contributed by atoms with Crippen molar-refractivity contribution in [2.45, 2.75) is 45.1 Å². The molecule has 0 spiro atoms. The fourth-order valence-corrected chi connectivity index (χ4v) is 4.99. The zero-order chi connectivity index (χ0) is 24.2. The van der Waals surface area contributed by atoms with Crippen molar-refractivity contribution in [3.63, 3.8) is 0 Å². The number of aliphatic hydroxyl groups excluding tert-OH is 1. The third kappa shape index (κ3) is 4.87. The number of likely N-dealkylation sites (tertiary alicyclic amines) is 1. The molecular weight excluding hydrogens is 428 g/mol. The van der Waals surface area contributed by atoms with Gasteiger partial charge in [-0.2, -0.15) is 0 Å². The van der Waals surface area contributed by atoms with E-state index in [0.717, 1.165) is 37.8 Å². The highest BCUT2D eigenvalue weighted by Gasteiger charge is 2.46. The molecule has 0 saturated carbocycles. The molecule has 0 aromatic heterocycles. The maximum atomic E-state index is 13.3. The first-order chi connectivity index (χ1) is 16.4. The van der Waals surface area contributed by atoms with Crippen LogP contribution in [0.15, 0.2) is 48.0 Å². The van der Waals surface area contributed by atoms with E-state index in [9.17, 15) is 14.7 Å². The molecule has 2 aromatic rings. The summed E-state index contributed by atoms with van der Waals surface area (Å²) in [5.74, 6) is -0.627. The van der Waals surface area contributed by atoms with Crippen LogP contribution in [0, 0.1) is 0 Å². The van der Waals surface area contributed by atoms with Gasteiger partial charge in [0.05, 0.1) is 18.2 Å². The van der Waals surface area contributed by atoms with Crippen molar-refractivity contribution in [3.8, 4) is 5.75 Å². The number of ketones is 1. The molecule has 1 fully saturated rings. The smallest absolute Gasteiger partial charge is 0.295 e. The summed E-state index contributed by atoms with van der Waals surface area (Å²) in [7, 11) is 3.96. The number of carbonyl (C=O) groups is 2. The van der Waals surface area contributed by atoms with Gasteiger partial charge in [-0.1, -0.05) is 24.3 Å². The quantitative estimate of drug-likeness (QED) is 0.359. The molecule has 1 amide bonds. The van der Waals surface area contributed by atoms with Gasteiger partial charge in [0, 0.05) is 12.1 Å². The summed E-state index contributed by atoms with van der Waals surface area (Å²) >= 11 is 0. The van der Waals surface area contributed by atoms with Gasteiger partial charge in [0.25, 0.3) is 11.7 Å². The van der Waals surface area contributed by atoms with Crippen LogP contribution in [-0.2, 0) is 22.4 Å². The van der Waals surface area contributed by atoms with Gasteiger partial charge in [0.1, 0.15) is 11.5 Å². The van der Waals surface area contributed by atoms with Crippen molar-refractivity contribution < 1.29 is 19.4 Å². The Balaban J connectivity index is 1.79. The van der Waals surface area contributed by atoms with Crippen molar-refractivity contribution in [2.75, 3.05) is 33.8 Å². The minimum absolute atomic E-state index is 0.103. The number of rotatable bonds is 8. The minimum Gasteiger partial charge on any atom is -0.507 e. The molecule has 1 aliphatic carbocycles. The first kappa shape index (κ1) is 24.0. The number of ether oxygens (including phenoxy) is 1. The third-order valence-corrected chi connectivity index (χ3v) is 6.65. The van der Waals surface area contributed by atoms with E-state index in [1.54, 1.807) is 4.90 Å². The first-order valence-electron chi connectivity index (χ1n) is 12.2. The molecule has 180 valence electrons. The number of hydrogen-bond acceptors (Lipinski definition) is 5. The van der Waals surface area contributed by atoms with Crippen LogP contribution in [0.25, 0.3) is 5.76 Å². The standard InChI is InChI=1S/C28H34N2O4/c1-4-34-23-12-7-11-21(18-23)25-24(27(32)28(33)30(25)16-8-15-29(2)3)26(31)22-14-13-19-9-5-6-10-20(19)17-22/h7,11-14,17-18,25,31H,4-6,8-10,15-16H2,1-3H3/b26-24-. The van der Waals surface area contributed by atoms with Gasteiger partial charge in [-0.25, -0.2) is 0 Å². The van der Waals surface area contributed by atoms with Crippen LogP contribution in [0.3, 0.4) is 0 Å². The lowest BCUT2D eigenvalue weighted by Crippen LogP contribution is -2.32. The van der Waals surface area contributed by atoms with Crippen molar-refractivity contribution in [1.82, 2.24) is 9.80 Å². The topological polar surface area (TPSA) is 70.1 Å². The molecule has 2 aliphatic rings. The van der Waals surface area contributed by atoms with Crippen LogP contribution in [-0.4, -0.2) is 60.4 Å². The number of aryl methyl sites for hydroxylation is 2. The Bertz CT molecular complexity index is 1110. The van der Waals surface area contributed by atoms with Gasteiger partial charge >= 0.3 is 0 Å². The largest absolute Gasteiger partial charge is 0.507 e. The van der Waals surface area contributed by atoms with Gasteiger partial charge in [0.15, 0.2) is 0 Å². The molecule has 1 saturated heterocycles. The molecule has 4 rings (SSSR count). The number of aliphatic hydroxyl groups is 1. The Hall–Kier alpha value is -3.12. The van der Waals surface area contributed by atoms with Crippen LogP contribution in [0.1, 0.15) is 54.5 Å². The van der Waals surface area contributed by atoms with Crippen LogP contribution in [0.4, 0.5) is 0 Å². The highest BCUT2D eigenvalue weighted by atomic mass is 16.5. The molecule has 6 nitrogen and oxygen atoms in total. The predicted octanol–water partition coefficient (Wildman–Crippen LogP) is 4.34.